The van der Waals surface area contributed by atoms with Gasteiger partial charge in [0.2, 0.25) is 11.7 Å². The van der Waals surface area contributed by atoms with Crippen LogP contribution in [0.2, 0.25) is 0 Å². The van der Waals surface area contributed by atoms with E-state index in [0.29, 0.717) is 17.5 Å². The Morgan fingerprint density at radius 2 is 1.65 bits per heavy atom. The van der Waals surface area contributed by atoms with Crippen molar-refractivity contribution in [2.24, 2.45) is 0 Å². The molecule has 0 radical (unpaired) electrons. The van der Waals surface area contributed by atoms with E-state index in [1.165, 1.54) is 17.3 Å². The van der Waals surface area contributed by atoms with Crippen LogP contribution >= 0.6 is 11.8 Å². The van der Waals surface area contributed by atoms with Gasteiger partial charge in [0, 0.05) is 11.1 Å². The minimum Gasteiger partial charge on any atom is -0.338 e. The Morgan fingerprint density at radius 3 is 2.38 bits per heavy atom. The molecule has 128 valence electrons. The van der Waals surface area contributed by atoms with Gasteiger partial charge >= 0.3 is 0 Å². The molecule has 2 aromatic carbocycles. The Hall–Kier alpha value is -2.99. The van der Waals surface area contributed by atoms with E-state index in [9.17, 15) is 0 Å². The minimum absolute atomic E-state index is 0.554. The van der Waals surface area contributed by atoms with E-state index in [1.54, 1.807) is 0 Å². The largest absolute Gasteiger partial charge is 0.338 e. The van der Waals surface area contributed by atoms with Crippen molar-refractivity contribution in [1.82, 2.24) is 20.3 Å². The summed E-state index contributed by atoms with van der Waals surface area (Å²) in [5.41, 5.74) is 4.08. The molecule has 0 unspecified atom stereocenters. The van der Waals surface area contributed by atoms with Crippen molar-refractivity contribution in [1.29, 1.82) is 0 Å². The first-order valence-corrected chi connectivity index (χ1v) is 9.18. The molecule has 5 nitrogen and oxygen atoms in total. The van der Waals surface area contributed by atoms with Crippen molar-refractivity contribution in [3.8, 4) is 22.6 Å². The predicted octanol–water partition coefficient (Wildman–Crippen LogP) is 4.79. The smallest absolute Gasteiger partial charge is 0.237 e. The van der Waals surface area contributed by atoms with Crippen molar-refractivity contribution in [3.63, 3.8) is 0 Å². The lowest BCUT2D eigenvalue weighted by Gasteiger charge is -2.02. The van der Waals surface area contributed by atoms with E-state index < -0.39 is 0 Å². The molecule has 0 saturated heterocycles. The zero-order valence-electron chi connectivity index (χ0n) is 14.2. The fourth-order valence-electron chi connectivity index (χ4n) is 2.43. The number of nitrogens with zero attached hydrogens (tertiary/aromatic N) is 4. The highest BCUT2D eigenvalue weighted by atomic mass is 32.2. The van der Waals surface area contributed by atoms with E-state index in [-0.39, 0.29) is 0 Å². The van der Waals surface area contributed by atoms with E-state index in [0.717, 1.165) is 21.8 Å². The molecule has 6 heteroatoms. The van der Waals surface area contributed by atoms with Crippen LogP contribution in [-0.2, 0) is 5.75 Å². The van der Waals surface area contributed by atoms with E-state index in [4.69, 9.17) is 4.52 Å². The normalized spacial score (nSPS) is 10.8. The quantitative estimate of drug-likeness (QED) is 0.477. The second kappa shape index (κ2) is 7.49. The molecular formula is C20H16N4OS. The molecule has 0 spiro atoms. The standard InChI is InChI=1S/C20H16N4OS/c1-14-7-9-15(10-8-14)17-11-12-19(23-22-17)26-13-18-21-20(24-25-18)16-5-3-2-4-6-16/h2-12H,13H2,1H3. The third kappa shape index (κ3) is 3.81. The summed E-state index contributed by atoms with van der Waals surface area (Å²) < 4.78 is 5.31. The van der Waals surface area contributed by atoms with Gasteiger partial charge in [-0.15, -0.1) is 10.2 Å². The number of thioether (sulfide) groups is 1. The van der Waals surface area contributed by atoms with Crippen molar-refractivity contribution in [3.05, 3.63) is 78.2 Å². The molecule has 0 amide bonds. The number of hydrogen-bond donors (Lipinski definition) is 0. The van der Waals surface area contributed by atoms with Crippen LogP contribution in [0.5, 0.6) is 0 Å². The molecule has 0 N–H and O–H groups in total. The lowest BCUT2D eigenvalue weighted by molar-refractivity contribution is 0.391. The van der Waals surface area contributed by atoms with Crippen molar-refractivity contribution in [2.45, 2.75) is 17.7 Å². The van der Waals surface area contributed by atoms with Crippen LogP contribution in [0.15, 0.2) is 76.3 Å². The number of benzene rings is 2. The van der Waals surface area contributed by atoms with Crippen LogP contribution in [-0.4, -0.2) is 20.3 Å². The second-order valence-electron chi connectivity index (χ2n) is 5.79. The van der Waals surface area contributed by atoms with Gasteiger partial charge < -0.3 is 4.52 Å². The first-order valence-electron chi connectivity index (χ1n) is 8.19. The molecular weight excluding hydrogens is 344 g/mol. The van der Waals surface area contributed by atoms with Crippen LogP contribution in [0.3, 0.4) is 0 Å². The zero-order chi connectivity index (χ0) is 17.8. The predicted molar refractivity (Wildman–Crippen MR) is 102 cm³/mol. The molecule has 2 aromatic heterocycles. The molecule has 0 aliphatic heterocycles. The van der Waals surface area contributed by atoms with Gasteiger partial charge in [-0.2, -0.15) is 4.98 Å². The molecule has 4 aromatic rings. The molecule has 0 atom stereocenters. The monoisotopic (exact) mass is 360 g/mol. The van der Waals surface area contributed by atoms with E-state index in [1.807, 2.05) is 42.5 Å². The maximum absolute atomic E-state index is 5.31. The van der Waals surface area contributed by atoms with Gasteiger partial charge in [-0.25, -0.2) is 0 Å². The Bertz CT molecular complexity index is 983. The van der Waals surface area contributed by atoms with Gasteiger partial charge in [0.15, 0.2) is 0 Å². The van der Waals surface area contributed by atoms with Gasteiger partial charge in [0.1, 0.15) is 5.03 Å². The molecule has 0 aliphatic carbocycles. The molecule has 2 heterocycles. The molecule has 0 aliphatic rings. The number of aromatic nitrogens is 4. The van der Waals surface area contributed by atoms with E-state index in [2.05, 4.69) is 51.5 Å². The summed E-state index contributed by atoms with van der Waals surface area (Å²) >= 11 is 1.52. The fourth-order valence-corrected chi connectivity index (χ4v) is 3.08. The summed E-state index contributed by atoms with van der Waals surface area (Å²) in [4.78, 5) is 4.42. The van der Waals surface area contributed by atoms with Gasteiger partial charge in [-0.1, -0.05) is 77.1 Å². The molecule has 0 bridgehead atoms. The van der Waals surface area contributed by atoms with Crippen LogP contribution in [0.25, 0.3) is 22.6 Å². The zero-order valence-corrected chi connectivity index (χ0v) is 15.0. The average molecular weight is 360 g/mol. The topological polar surface area (TPSA) is 64.7 Å². The Labute approximate surface area is 155 Å². The average Bonchev–Trinajstić information content (AvgIpc) is 3.17. The lowest BCUT2D eigenvalue weighted by atomic mass is 10.1. The van der Waals surface area contributed by atoms with Crippen LogP contribution in [0.1, 0.15) is 11.5 Å². The molecule has 4 rings (SSSR count). The third-order valence-electron chi connectivity index (χ3n) is 3.83. The molecule has 0 saturated carbocycles. The highest BCUT2D eigenvalue weighted by Gasteiger charge is 2.09. The summed E-state index contributed by atoms with van der Waals surface area (Å²) in [6.07, 6.45) is 0. The third-order valence-corrected chi connectivity index (χ3v) is 4.74. The highest BCUT2D eigenvalue weighted by Crippen LogP contribution is 2.23. The fraction of sp³-hybridized carbons (Fsp3) is 0.100. The molecule has 26 heavy (non-hydrogen) atoms. The van der Waals surface area contributed by atoms with Crippen molar-refractivity contribution >= 4 is 11.8 Å². The Balaban J connectivity index is 1.41. The molecule has 0 fully saturated rings. The van der Waals surface area contributed by atoms with Gasteiger partial charge in [-0.3, -0.25) is 0 Å². The Kier molecular flexibility index (Phi) is 4.75. The van der Waals surface area contributed by atoms with Crippen molar-refractivity contribution in [2.75, 3.05) is 0 Å². The maximum atomic E-state index is 5.31. The SMILES string of the molecule is Cc1ccc(-c2ccc(SCc3nc(-c4ccccc4)no3)nn2)cc1. The van der Waals surface area contributed by atoms with Gasteiger partial charge in [0.05, 0.1) is 11.4 Å². The lowest BCUT2D eigenvalue weighted by Crippen LogP contribution is -1.90. The summed E-state index contributed by atoms with van der Waals surface area (Å²) in [5, 5.41) is 13.4. The minimum atomic E-state index is 0.554. The van der Waals surface area contributed by atoms with Crippen molar-refractivity contribution < 1.29 is 4.52 Å². The maximum Gasteiger partial charge on any atom is 0.237 e. The summed E-state index contributed by atoms with van der Waals surface area (Å²) in [7, 11) is 0. The first kappa shape index (κ1) is 16.5. The highest BCUT2D eigenvalue weighted by molar-refractivity contribution is 7.98. The van der Waals surface area contributed by atoms with Crippen LogP contribution in [0.4, 0.5) is 0 Å². The summed E-state index contributed by atoms with van der Waals surface area (Å²) in [6, 6.07) is 21.9. The number of rotatable bonds is 5. The first-order chi connectivity index (χ1) is 12.8. The van der Waals surface area contributed by atoms with Crippen LogP contribution in [0, 0.1) is 6.92 Å². The number of aryl methyl sites for hydroxylation is 1. The van der Waals surface area contributed by atoms with Crippen LogP contribution < -0.4 is 0 Å². The summed E-state index contributed by atoms with van der Waals surface area (Å²) in [5.74, 6) is 1.72. The van der Waals surface area contributed by atoms with E-state index >= 15 is 0 Å². The van der Waals surface area contributed by atoms with Gasteiger partial charge in [0.25, 0.3) is 0 Å². The Morgan fingerprint density at radius 1 is 0.846 bits per heavy atom. The van der Waals surface area contributed by atoms with Gasteiger partial charge in [-0.05, 0) is 19.1 Å². The second-order valence-corrected chi connectivity index (χ2v) is 6.78. The summed E-state index contributed by atoms with van der Waals surface area (Å²) in [6.45, 7) is 2.07. The number of hydrogen-bond acceptors (Lipinski definition) is 6.